The van der Waals surface area contributed by atoms with Gasteiger partial charge in [-0.2, -0.15) is 4.39 Å². The Morgan fingerprint density at radius 2 is 1.78 bits per heavy atom. The van der Waals surface area contributed by atoms with E-state index in [1.807, 2.05) is 58.0 Å². The molecule has 1 aromatic carbocycles. The molecule has 0 bridgehead atoms. The number of nitrogens with zero attached hydrogens (tertiary/aromatic N) is 2. The van der Waals surface area contributed by atoms with Crippen molar-refractivity contribution in [2.75, 3.05) is 20.8 Å². The first-order valence-corrected chi connectivity index (χ1v) is 8.71. The Labute approximate surface area is 159 Å². The Balaban J connectivity index is 2.43. The lowest BCUT2D eigenvalue weighted by atomic mass is 9.98. The van der Waals surface area contributed by atoms with E-state index >= 15 is 0 Å². The van der Waals surface area contributed by atoms with Crippen molar-refractivity contribution < 1.29 is 23.4 Å². The van der Waals surface area contributed by atoms with E-state index in [0.29, 0.717) is 0 Å². The van der Waals surface area contributed by atoms with E-state index in [-0.39, 0.29) is 23.8 Å². The topological polar surface area (TPSA) is 62.6 Å². The molecular formula is C20H27FN2O4. The molecule has 0 aliphatic rings. The molecule has 0 fully saturated rings. The Kier molecular flexibility index (Phi) is 6.51. The molecule has 0 aliphatic heterocycles. The number of hydrogen-bond donors (Lipinski definition) is 0. The normalized spacial score (nSPS) is 13.6. The summed E-state index contributed by atoms with van der Waals surface area (Å²) in [5.41, 5.74) is 0.391. The number of hydrogen-bond acceptors (Lipinski definition) is 5. The van der Waals surface area contributed by atoms with Gasteiger partial charge in [-0.05, 0) is 17.9 Å². The van der Waals surface area contributed by atoms with Gasteiger partial charge in [0.1, 0.15) is 0 Å². The smallest absolute Gasteiger partial charge is 0.324 e. The predicted octanol–water partition coefficient (Wildman–Crippen LogP) is 3.82. The highest BCUT2D eigenvalue weighted by molar-refractivity contribution is 5.99. The van der Waals surface area contributed by atoms with Gasteiger partial charge < -0.3 is 18.8 Å². The van der Waals surface area contributed by atoms with Gasteiger partial charge in [0.2, 0.25) is 5.95 Å². The lowest BCUT2D eigenvalue weighted by Crippen LogP contribution is -2.48. The maximum absolute atomic E-state index is 14.5. The summed E-state index contributed by atoms with van der Waals surface area (Å²) < 4.78 is 32.1. The minimum atomic E-state index is -2.05. The average molecular weight is 378 g/mol. The summed E-state index contributed by atoms with van der Waals surface area (Å²) in [5, 5.41) is 0. The van der Waals surface area contributed by atoms with Crippen LogP contribution in [0.4, 0.5) is 4.39 Å². The fraction of sp³-hybridized carbons (Fsp3) is 0.500. The van der Waals surface area contributed by atoms with E-state index < -0.39 is 17.7 Å². The molecule has 0 amide bonds. The lowest BCUT2D eigenvalue weighted by molar-refractivity contribution is -0.329. The van der Waals surface area contributed by atoms with Crippen LogP contribution in [0.2, 0.25) is 0 Å². The second-order valence-corrected chi connectivity index (χ2v) is 7.52. The molecule has 0 radical (unpaired) electrons. The van der Waals surface area contributed by atoms with Gasteiger partial charge in [-0.25, -0.2) is 4.98 Å². The van der Waals surface area contributed by atoms with Gasteiger partial charge in [0.25, 0.3) is 5.78 Å². The molecule has 0 aliphatic carbocycles. The van der Waals surface area contributed by atoms with Crippen LogP contribution in [0.25, 0.3) is 0 Å². The fourth-order valence-corrected chi connectivity index (χ4v) is 2.64. The molecule has 148 valence electrons. The summed E-state index contributed by atoms with van der Waals surface area (Å²) in [5.74, 6) is -3.74. The second kappa shape index (κ2) is 8.29. The first-order chi connectivity index (χ1) is 12.6. The summed E-state index contributed by atoms with van der Waals surface area (Å²) in [4.78, 5) is 16.9. The average Bonchev–Trinajstić information content (AvgIpc) is 3.03. The number of aromatic nitrogens is 2. The first-order valence-electron chi connectivity index (χ1n) is 8.71. The van der Waals surface area contributed by atoms with Crippen molar-refractivity contribution in [2.45, 2.75) is 39.7 Å². The Morgan fingerprint density at radius 3 is 2.30 bits per heavy atom. The number of benzene rings is 1. The molecule has 1 atom stereocenters. The summed E-state index contributed by atoms with van der Waals surface area (Å²) in [6.07, 6.45) is 1.29. The number of carbonyl (C=O) groups excluding carboxylic acids is 1. The quantitative estimate of drug-likeness (QED) is 0.516. The number of carbonyl (C=O) groups is 1. The van der Waals surface area contributed by atoms with Crippen LogP contribution in [-0.4, -0.2) is 42.1 Å². The largest absolute Gasteiger partial charge is 0.352 e. The maximum Gasteiger partial charge on any atom is 0.352 e. The number of ketones is 1. The standard InChI is InChI=1S/C20H27FN2O4/c1-14(15-10-8-7-9-11-15)23-13-22-18(21)16(23)17(24)20(25-5,26-6)27-12-19(2,3)4/h7-11,13-14H,12H2,1-6H3/t14-/m1/s1. The van der Waals surface area contributed by atoms with E-state index in [1.165, 1.54) is 25.1 Å². The van der Waals surface area contributed by atoms with Gasteiger partial charge in [0.05, 0.1) is 19.0 Å². The van der Waals surface area contributed by atoms with Crippen molar-refractivity contribution in [1.82, 2.24) is 9.55 Å². The van der Waals surface area contributed by atoms with Crippen molar-refractivity contribution >= 4 is 5.78 Å². The predicted molar refractivity (Wildman–Crippen MR) is 98.9 cm³/mol. The fourth-order valence-electron chi connectivity index (χ4n) is 2.64. The van der Waals surface area contributed by atoms with Gasteiger partial charge in [0.15, 0.2) is 5.69 Å². The summed E-state index contributed by atoms with van der Waals surface area (Å²) in [6.45, 7) is 7.84. The van der Waals surface area contributed by atoms with Gasteiger partial charge in [-0.15, -0.1) is 0 Å². The minimum absolute atomic E-state index is 0.171. The first kappa shape index (κ1) is 21.2. The number of ether oxygens (including phenoxy) is 3. The monoisotopic (exact) mass is 378 g/mol. The molecule has 27 heavy (non-hydrogen) atoms. The number of halogens is 1. The van der Waals surface area contributed by atoms with Crippen LogP contribution in [0, 0.1) is 11.4 Å². The zero-order valence-electron chi connectivity index (χ0n) is 16.7. The number of Topliss-reactive ketones (excluding diaryl/α,β-unsaturated/α-hetero) is 1. The third-order valence-corrected chi connectivity index (χ3v) is 4.17. The van der Waals surface area contributed by atoms with Gasteiger partial charge in [-0.1, -0.05) is 51.1 Å². The van der Waals surface area contributed by atoms with Crippen LogP contribution in [0.1, 0.15) is 49.8 Å². The zero-order chi connectivity index (χ0) is 20.2. The van der Waals surface area contributed by atoms with Crippen LogP contribution in [0.3, 0.4) is 0 Å². The SMILES string of the molecule is COC(OC)(OCC(C)(C)C)C(=O)c1c(F)ncn1[C@H](C)c1ccccc1. The Hall–Kier alpha value is -2.09. The second-order valence-electron chi connectivity index (χ2n) is 7.52. The number of rotatable bonds is 8. The molecule has 0 N–H and O–H groups in total. The molecule has 0 spiro atoms. The molecule has 7 heteroatoms. The van der Waals surface area contributed by atoms with Crippen molar-refractivity contribution in [3.63, 3.8) is 0 Å². The molecule has 2 rings (SSSR count). The highest BCUT2D eigenvalue weighted by atomic mass is 19.1. The molecular weight excluding hydrogens is 351 g/mol. The summed E-state index contributed by atoms with van der Waals surface area (Å²) >= 11 is 0. The summed E-state index contributed by atoms with van der Waals surface area (Å²) in [6, 6.07) is 9.11. The van der Waals surface area contributed by atoms with Crippen LogP contribution >= 0.6 is 0 Å². The van der Waals surface area contributed by atoms with Crippen molar-refractivity contribution in [1.29, 1.82) is 0 Å². The molecule has 0 unspecified atom stereocenters. The molecule has 1 heterocycles. The maximum atomic E-state index is 14.5. The highest BCUT2D eigenvalue weighted by Gasteiger charge is 2.46. The molecule has 0 saturated heterocycles. The van der Waals surface area contributed by atoms with E-state index in [2.05, 4.69) is 4.98 Å². The van der Waals surface area contributed by atoms with Gasteiger partial charge in [0, 0.05) is 14.2 Å². The van der Waals surface area contributed by atoms with Crippen LogP contribution in [-0.2, 0) is 14.2 Å². The lowest BCUT2D eigenvalue weighted by Gasteiger charge is -2.32. The van der Waals surface area contributed by atoms with E-state index in [9.17, 15) is 9.18 Å². The molecule has 0 saturated carbocycles. The zero-order valence-corrected chi connectivity index (χ0v) is 16.7. The van der Waals surface area contributed by atoms with Gasteiger partial charge in [-0.3, -0.25) is 4.79 Å². The van der Waals surface area contributed by atoms with Crippen LogP contribution in [0.15, 0.2) is 36.7 Å². The van der Waals surface area contributed by atoms with E-state index in [1.54, 1.807) is 0 Å². The highest BCUT2D eigenvalue weighted by Crippen LogP contribution is 2.28. The van der Waals surface area contributed by atoms with Gasteiger partial charge >= 0.3 is 5.97 Å². The molecule has 6 nitrogen and oxygen atoms in total. The minimum Gasteiger partial charge on any atom is -0.324 e. The van der Waals surface area contributed by atoms with Crippen LogP contribution in [0.5, 0.6) is 0 Å². The van der Waals surface area contributed by atoms with E-state index in [4.69, 9.17) is 14.2 Å². The molecule has 1 aromatic heterocycles. The Bertz CT molecular complexity index is 764. The third kappa shape index (κ3) is 4.61. The summed E-state index contributed by atoms with van der Waals surface area (Å²) in [7, 11) is 2.56. The Morgan fingerprint density at radius 1 is 1.19 bits per heavy atom. The molecule has 2 aromatic rings. The van der Waals surface area contributed by atoms with Crippen molar-refractivity contribution in [3.05, 3.63) is 53.9 Å². The van der Waals surface area contributed by atoms with Crippen LogP contribution < -0.4 is 0 Å². The van der Waals surface area contributed by atoms with Crippen molar-refractivity contribution in [2.24, 2.45) is 5.41 Å². The number of methoxy groups -OCH3 is 2. The van der Waals surface area contributed by atoms with E-state index in [0.717, 1.165) is 5.56 Å². The third-order valence-electron chi connectivity index (χ3n) is 4.17. The number of imidazole rings is 1. The van der Waals surface area contributed by atoms with Crippen molar-refractivity contribution in [3.8, 4) is 0 Å².